The summed E-state index contributed by atoms with van der Waals surface area (Å²) < 4.78 is 6.22. The molecule has 2 aromatic rings. The lowest BCUT2D eigenvalue weighted by atomic mass is 10.1. The van der Waals surface area contributed by atoms with E-state index in [9.17, 15) is 4.79 Å². The van der Waals surface area contributed by atoms with Crippen LogP contribution in [0.4, 0.5) is 16.4 Å². The summed E-state index contributed by atoms with van der Waals surface area (Å²) in [6.45, 7) is 10.8. The number of fused-ring (bicyclic) bond motifs is 1. The number of nitrogen functional groups attached to an aromatic ring is 1. The summed E-state index contributed by atoms with van der Waals surface area (Å²) in [7, 11) is 1.74. The number of rotatable bonds is 3. The molecule has 30 heavy (non-hydrogen) atoms. The Labute approximate surface area is 186 Å². The Kier molecular flexibility index (Phi) is 9.26. The van der Waals surface area contributed by atoms with Crippen molar-refractivity contribution in [2.45, 2.75) is 46.3 Å². The van der Waals surface area contributed by atoms with Crippen LogP contribution in [-0.4, -0.2) is 57.7 Å². The number of anilines is 2. The van der Waals surface area contributed by atoms with Gasteiger partial charge in [0, 0.05) is 30.8 Å². The molecule has 1 saturated heterocycles. The first kappa shape index (κ1) is 25.4. The smallest absolute Gasteiger partial charge is 0.410 e. The topological polar surface area (TPSA) is 110 Å². The average molecular weight is 480 g/mol. The molecule has 0 spiro atoms. The maximum Gasteiger partial charge on any atom is 0.410 e. The van der Waals surface area contributed by atoms with Gasteiger partial charge in [-0.3, -0.25) is 0 Å². The van der Waals surface area contributed by atoms with Crippen molar-refractivity contribution in [3.63, 3.8) is 0 Å². The minimum Gasteiger partial charge on any atom is -0.444 e. The first-order valence-corrected chi connectivity index (χ1v) is 10.3. The van der Waals surface area contributed by atoms with E-state index < -0.39 is 5.60 Å². The Morgan fingerprint density at radius 1 is 1.33 bits per heavy atom. The number of carbonyl (C=O) groups excluding carboxylic acids is 1. The minimum absolute atomic E-state index is 0.0332. The highest BCUT2D eigenvalue weighted by molar-refractivity contribution is 9.10. The van der Waals surface area contributed by atoms with Gasteiger partial charge in [0.1, 0.15) is 11.1 Å². The van der Waals surface area contributed by atoms with Gasteiger partial charge in [0.2, 0.25) is 0 Å². The molecular formula is C20H30BrN7O2. The third kappa shape index (κ3) is 6.18. The van der Waals surface area contributed by atoms with Gasteiger partial charge in [0.15, 0.2) is 17.3 Å². The number of likely N-dealkylation sites (N-methyl/N-ethyl adjacent to an activating group) is 1. The van der Waals surface area contributed by atoms with Gasteiger partial charge in [0.25, 0.3) is 0 Å². The molecule has 0 aromatic carbocycles. The van der Waals surface area contributed by atoms with Crippen molar-refractivity contribution < 1.29 is 9.53 Å². The van der Waals surface area contributed by atoms with E-state index in [0.29, 0.717) is 35.9 Å². The van der Waals surface area contributed by atoms with Gasteiger partial charge in [-0.05, 0) is 42.8 Å². The van der Waals surface area contributed by atoms with Gasteiger partial charge in [-0.15, -0.1) is 12.8 Å². The second-order valence-electron chi connectivity index (χ2n) is 7.19. The summed E-state index contributed by atoms with van der Waals surface area (Å²) >= 11 is 3.37. The lowest BCUT2D eigenvalue weighted by Crippen LogP contribution is -2.60. The maximum absolute atomic E-state index is 12.2. The van der Waals surface area contributed by atoms with E-state index in [-0.39, 0.29) is 12.1 Å². The predicted octanol–water partition coefficient (Wildman–Crippen LogP) is 3.40. The SMILES string of the molecule is C#C.CC.CN(C(=O)OC(C)(C)C)C1CN(c2nc3ncc(Br)cc3nc2NN)C1. The van der Waals surface area contributed by atoms with Gasteiger partial charge in [0.05, 0.1) is 6.04 Å². The highest BCUT2D eigenvalue weighted by atomic mass is 79.9. The number of terminal acetylenes is 1. The Morgan fingerprint density at radius 2 is 1.93 bits per heavy atom. The van der Waals surface area contributed by atoms with Crippen molar-refractivity contribution >= 4 is 44.8 Å². The minimum atomic E-state index is -0.519. The maximum atomic E-state index is 12.2. The molecule has 164 valence electrons. The summed E-state index contributed by atoms with van der Waals surface area (Å²) in [5, 5.41) is 0. The van der Waals surface area contributed by atoms with Crippen LogP contribution in [0.5, 0.6) is 0 Å². The number of nitrogens with zero attached hydrogens (tertiary/aromatic N) is 5. The molecule has 10 heteroatoms. The van der Waals surface area contributed by atoms with E-state index in [4.69, 9.17) is 10.6 Å². The van der Waals surface area contributed by atoms with Crippen molar-refractivity contribution in [1.82, 2.24) is 19.9 Å². The van der Waals surface area contributed by atoms with Crippen LogP contribution in [0.15, 0.2) is 16.7 Å². The number of pyridine rings is 1. The highest BCUT2D eigenvalue weighted by Gasteiger charge is 2.36. The molecule has 3 heterocycles. The predicted molar refractivity (Wildman–Crippen MR) is 124 cm³/mol. The zero-order chi connectivity index (χ0) is 23.1. The standard InChI is InChI=1S/C16H22BrN7O2.C2H6.C2H2/c1-16(2,3)26-15(25)23(4)10-7-24(8-10)14-13(22-18)20-11-5-9(17)6-19-12(11)21-14;2*1-2/h5-6,10H,7-8,18H2,1-4H3,(H,20,22);1-2H3;1-2H. The number of nitrogens with two attached hydrogens (primary N) is 1. The van der Waals surface area contributed by atoms with Gasteiger partial charge in [-0.2, -0.15) is 0 Å². The van der Waals surface area contributed by atoms with Crippen LogP contribution in [0, 0.1) is 12.8 Å². The molecule has 3 N–H and O–H groups in total. The van der Waals surface area contributed by atoms with Crippen molar-refractivity contribution in [2.75, 3.05) is 30.5 Å². The van der Waals surface area contributed by atoms with E-state index in [2.05, 4.69) is 49.2 Å². The monoisotopic (exact) mass is 479 g/mol. The van der Waals surface area contributed by atoms with Crippen LogP contribution in [0.1, 0.15) is 34.6 Å². The number of halogens is 1. The zero-order valence-corrected chi connectivity index (χ0v) is 19.9. The molecule has 1 aliphatic rings. The van der Waals surface area contributed by atoms with Gasteiger partial charge in [-0.1, -0.05) is 13.8 Å². The Balaban J connectivity index is 0.00000106. The molecular weight excluding hydrogens is 450 g/mol. The largest absolute Gasteiger partial charge is 0.444 e. The fourth-order valence-electron chi connectivity index (χ4n) is 2.59. The fraction of sp³-hybridized carbons (Fsp3) is 0.500. The number of carbonyl (C=O) groups is 1. The Morgan fingerprint density at radius 3 is 2.47 bits per heavy atom. The third-order valence-electron chi connectivity index (χ3n) is 4.00. The lowest BCUT2D eigenvalue weighted by molar-refractivity contribution is 0.0196. The summed E-state index contributed by atoms with van der Waals surface area (Å²) in [6.07, 6.45) is 9.33. The van der Waals surface area contributed by atoms with E-state index in [1.807, 2.05) is 45.6 Å². The molecule has 0 saturated carbocycles. The fourth-order valence-corrected chi connectivity index (χ4v) is 2.91. The molecule has 1 fully saturated rings. The number of hydrogen-bond acceptors (Lipinski definition) is 8. The van der Waals surface area contributed by atoms with Gasteiger partial charge < -0.3 is 20.0 Å². The second kappa shape index (κ2) is 10.9. The van der Waals surface area contributed by atoms with Gasteiger partial charge in [-0.25, -0.2) is 25.6 Å². The van der Waals surface area contributed by atoms with Crippen LogP contribution in [0.25, 0.3) is 11.2 Å². The summed E-state index contributed by atoms with van der Waals surface area (Å²) in [6, 6.07) is 1.86. The molecule has 0 radical (unpaired) electrons. The number of nitrogens with one attached hydrogen (secondary N) is 1. The van der Waals surface area contributed by atoms with Crippen molar-refractivity contribution in [3.8, 4) is 12.8 Å². The zero-order valence-electron chi connectivity index (χ0n) is 18.3. The molecule has 0 aliphatic carbocycles. The summed E-state index contributed by atoms with van der Waals surface area (Å²) in [5.74, 6) is 6.70. The quantitative estimate of drug-likeness (QED) is 0.391. The summed E-state index contributed by atoms with van der Waals surface area (Å²) in [5.41, 5.74) is 3.24. The second-order valence-corrected chi connectivity index (χ2v) is 8.10. The van der Waals surface area contributed by atoms with Crippen LogP contribution in [-0.2, 0) is 4.74 Å². The highest BCUT2D eigenvalue weighted by Crippen LogP contribution is 2.29. The van der Waals surface area contributed by atoms with Crippen LogP contribution >= 0.6 is 15.9 Å². The number of hydrogen-bond donors (Lipinski definition) is 2. The van der Waals surface area contributed by atoms with E-state index in [0.717, 1.165) is 4.47 Å². The molecule has 0 unspecified atom stereocenters. The molecule has 1 amide bonds. The first-order valence-electron chi connectivity index (χ1n) is 9.52. The van der Waals surface area contributed by atoms with E-state index in [1.165, 1.54) is 0 Å². The Hall–Kier alpha value is -2.64. The average Bonchev–Trinajstić information content (AvgIpc) is 2.68. The van der Waals surface area contributed by atoms with Crippen LogP contribution in [0.2, 0.25) is 0 Å². The van der Waals surface area contributed by atoms with Gasteiger partial charge >= 0.3 is 6.09 Å². The molecule has 0 atom stereocenters. The van der Waals surface area contributed by atoms with E-state index >= 15 is 0 Å². The van der Waals surface area contributed by atoms with E-state index in [1.54, 1.807) is 18.1 Å². The third-order valence-corrected chi connectivity index (χ3v) is 4.43. The molecule has 9 nitrogen and oxygen atoms in total. The number of amides is 1. The Bertz CT molecular complexity index is 877. The molecule has 0 bridgehead atoms. The van der Waals surface area contributed by atoms with Crippen molar-refractivity contribution in [2.24, 2.45) is 5.84 Å². The molecule has 1 aliphatic heterocycles. The van der Waals surface area contributed by atoms with Crippen LogP contribution in [0.3, 0.4) is 0 Å². The number of ether oxygens (including phenoxy) is 1. The normalized spacial score (nSPS) is 13.2. The molecule has 2 aromatic heterocycles. The van der Waals surface area contributed by atoms with Crippen molar-refractivity contribution in [1.29, 1.82) is 0 Å². The number of hydrazine groups is 1. The van der Waals surface area contributed by atoms with Crippen LogP contribution < -0.4 is 16.2 Å². The molecule has 3 rings (SSSR count). The number of aromatic nitrogens is 3. The lowest BCUT2D eigenvalue weighted by Gasteiger charge is -2.44. The van der Waals surface area contributed by atoms with Crippen molar-refractivity contribution in [3.05, 3.63) is 16.7 Å². The first-order chi connectivity index (χ1) is 14.2. The summed E-state index contributed by atoms with van der Waals surface area (Å²) in [4.78, 5) is 29.1.